The van der Waals surface area contributed by atoms with Crippen LogP contribution in [0.3, 0.4) is 0 Å². The van der Waals surface area contributed by atoms with Crippen molar-refractivity contribution in [1.82, 2.24) is 20.2 Å². The Kier molecular flexibility index (Phi) is 7.02. The van der Waals surface area contributed by atoms with E-state index in [2.05, 4.69) is 15.5 Å². The van der Waals surface area contributed by atoms with Gasteiger partial charge in [0.1, 0.15) is 6.33 Å². The Hall–Kier alpha value is -0.833. The predicted octanol–water partition coefficient (Wildman–Crippen LogP) is 1.11. The van der Waals surface area contributed by atoms with Gasteiger partial charge in [0.15, 0.2) is 0 Å². The van der Waals surface area contributed by atoms with Gasteiger partial charge in [-0.3, -0.25) is 0 Å². The summed E-state index contributed by atoms with van der Waals surface area (Å²) in [5.41, 5.74) is 0. The molecule has 1 heterocycles. The summed E-state index contributed by atoms with van der Waals surface area (Å²) in [6.45, 7) is 8.45. The van der Waals surface area contributed by atoms with Crippen LogP contribution in [-0.4, -0.2) is 48.8 Å². The third-order valence-corrected chi connectivity index (χ3v) is 5.51. The third-order valence-electron chi connectivity index (χ3n) is 2.35. The first-order valence-electron chi connectivity index (χ1n) is 6.39. The molecule has 0 aliphatic carbocycles. The van der Waals surface area contributed by atoms with E-state index in [1.165, 1.54) is 0 Å². The van der Waals surface area contributed by atoms with Crippen LogP contribution >= 0.6 is 0 Å². The Labute approximate surface area is 109 Å². The van der Waals surface area contributed by atoms with E-state index in [0.717, 1.165) is 19.0 Å². The Morgan fingerprint density at radius 3 is 2.11 bits per heavy atom. The summed E-state index contributed by atoms with van der Waals surface area (Å²) in [5, 5.41) is 11.0. The van der Waals surface area contributed by atoms with E-state index >= 15 is 0 Å². The minimum atomic E-state index is -2.51. The second kappa shape index (κ2) is 8.30. The first kappa shape index (κ1) is 15.2. The molecule has 0 fully saturated rings. The zero-order valence-corrected chi connectivity index (χ0v) is 12.3. The van der Waals surface area contributed by atoms with Crippen molar-refractivity contribution in [3.05, 3.63) is 6.33 Å². The third kappa shape index (κ3) is 4.81. The molecule has 0 saturated carbocycles. The number of rotatable bonds is 10. The maximum Gasteiger partial charge on any atom is 0.500 e. The quantitative estimate of drug-likeness (QED) is 0.595. The lowest BCUT2D eigenvalue weighted by Crippen LogP contribution is -2.46. The molecular weight excluding hydrogens is 252 g/mol. The molecule has 0 aromatic carbocycles. The molecule has 0 aliphatic heterocycles. The molecule has 0 atom stereocenters. The molecule has 1 aromatic heterocycles. The van der Waals surface area contributed by atoms with Gasteiger partial charge in [-0.1, -0.05) is 0 Å². The Bertz CT molecular complexity index is 293. The van der Waals surface area contributed by atoms with Crippen molar-refractivity contribution in [1.29, 1.82) is 0 Å². The summed E-state index contributed by atoms with van der Waals surface area (Å²) in [6.07, 6.45) is 2.47. The maximum atomic E-state index is 5.76. The molecule has 8 heteroatoms. The van der Waals surface area contributed by atoms with E-state index in [9.17, 15) is 0 Å². The fourth-order valence-corrected chi connectivity index (χ4v) is 4.34. The number of hydrogen-bond donors (Lipinski definition) is 0. The zero-order valence-electron chi connectivity index (χ0n) is 11.3. The van der Waals surface area contributed by atoms with Crippen molar-refractivity contribution >= 4 is 8.80 Å². The van der Waals surface area contributed by atoms with Crippen LogP contribution in [0.4, 0.5) is 0 Å². The molecule has 0 unspecified atom stereocenters. The standard InChI is InChI=1S/C10H22N4O3Si/c1-4-15-18(16-5-2,17-6-3)9-7-8-14-10-11-12-13-14/h10H,4-9H2,1-3H3. The smallest absolute Gasteiger partial charge is 0.374 e. The zero-order chi connectivity index (χ0) is 13.3. The monoisotopic (exact) mass is 274 g/mol. The van der Waals surface area contributed by atoms with Gasteiger partial charge in [0.05, 0.1) is 0 Å². The molecule has 18 heavy (non-hydrogen) atoms. The van der Waals surface area contributed by atoms with Crippen LogP contribution in [0, 0.1) is 0 Å². The number of aromatic nitrogens is 4. The topological polar surface area (TPSA) is 71.3 Å². The number of aryl methyl sites for hydroxylation is 1. The summed E-state index contributed by atoms with van der Waals surface area (Å²) >= 11 is 0. The van der Waals surface area contributed by atoms with Crippen molar-refractivity contribution in [2.24, 2.45) is 0 Å². The molecule has 7 nitrogen and oxygen atoms in total. The molecule has 0 radical (unpaired) electrons. The van der Waals surface area contributed by atoms with Gasteiger partial charge in [-0.05, 0) is 37.6 Å². The highest BCUT2D eigenvalue weighted by atomic mass is 28.4. The normalized spacial score (nSPS) is 11.9. The van der Waals surface area contributed by atoms with Crippen molar-refractivity contribution in [2.75, 3.05) is 19.8 Å². The molecule has 0 bridgehead atoms. The fourth-order valence-electron chi connectivity index (χ4n) is 1.74. The van der Waals surface area contributed by atoms with E-state index in [1.54, 1.807) is 11.0 Å². The summed E-state index contributed by atoms with van der Waals surface area (Å²) in [6, 6.07) is 0.780. The van der Waals surface area contributed by atoms with E-state index < -0.39 is 8.80 Å². The average Bonchev–Trinajstić information content (AvgIpc) is 2.83. The van der Waals surface area contributed by atoms with E-state index in [4.69, 9.17) is 13.3 Å². The van der Waals surface area contributed by atoms with Gasteiger partial charge >= 0.3 is 8.80 Å². The largest absolute Gasteiger partial charge is 0.500 e. The van der Waals surface area contributed by atoms with Crippen LogP contribution in [0.2, 0.25) is 6.04 Å². The van der Waals surface area contributed by atoms with E-state index in [0.29, 0.717) is 19.8 Å². The predicted molar refractivity (Wildman–Crippen MR) is 67.9 cm³/mol. The van der Waals surface area contributed by atoms with Gasteiger partial charge in [0.2, 0.25) is 0 Å². The van der Waals surface area contributed by atoms with Gasteiger partial charge < -0.3 is 13.3 Å². The highest BCUT2D eigenvalue weighted by molar-refractivity contribution is 6.60. The molecule has 0 N–H and O–H groups in total. The molecule has 1 aromatic rings. The van der Waals surface area contributed by atoms with Crippen molar-refractivity contribution < 1.29 is 13.3 Å². The molecule has 0 spiro atoms. The Balaban J connectivity index is 2.47. The van der Waals surface area contributed by atoms with Gasteiger partial charge in [0.25, 0.3) is 0 Å². The molecule has 0 saturated heterocycles. The SMILES string of the molecule is CCO[Si](CCCn1cnnn1)(OCC)OCC. The fraction of sp³-hybridized carbons (Fsp3) is 0.900. The van der Waals surface area contributed by atoms with E-state index in [1.807, 2.05) is 20.8 Å². The van der Waals surface area contributed by atoms with E-state index in [-0.39, 0.29) is 0 Å². The van der Waals surface area contributed by atoms with Crippen LogP contribution in [0.25, 0.3) is 0 Å². The van der Waals surface area contributed by atoms with Crippen molar-refractivity contribution in [3.63, 3.8) is 0 Å². The summed E-state index contributed by atoms with van der Waals surface area (Å²) in [5.74, 6) is 0. The minimum Gasteiger partial charge on any atom is -0.374 e. The summed E-state index contributed by atoms with van der Waals surface area (Å²) in [7, 11) is -2.51. The molecular formula is C10H22N4O3Si. The highest BCUT2D eigenvalue weighted by Crippen LogP contribution is 2.18. The van der Waals surface area contributed by atoms with Crippen LogP contribution in [0.5, 0.6) is 0 Å². The highest BCUT2D eigenvalue weighted by Gasteiger charge is 2.39. The van der Waals surface area contributed by atoms with Crippen LogP contribution in [0.15, 0.2) is 6.33 Å². The van der Waals surface area contributed by atoms with Gasteiger partial charge in [-0.2, -0.15) is 0 Å². The van der Waals surface area contributed by atoms with Gasteiger partial charge in [-0.15, -0.1) is 5.10 Å². The molecule has 1 rings (SSSR count). The number of nitrogens with zero attached hydrogens (tertiary/aromatic N) is 4. The second-order valence-corrected chi connectivity index (χ2v) is 6.39. The van der Waals surface area contributed by atoms with Gasteiger partial charge in [0, 0.05) is 32.4 Å². The van der Waals surface area contributed by atoms with Crippen LogP contribution < -0.4 is 0 Å². The second-order valence-electron chi connectivity index (χ2n) is 3.66. The molecule has 104 valence electrons. The lowest BCUT2D eigenvalue weighted by Gasteiger charge is -2.28. The van der Waals surface area contributed by atoms with Crippen molar-refractivity contribution in [3.8, 4) is 0 Å². The minimum absolute atomic E-state index is 0.608. The first-order chi connectivity index (χ1) is 8.76. The lowest BCUT2D eigenvalue weighted by atomic mass is 10.5. The first-order valence-corrected chi connectivity index (χ1v) is 8.32. The van der Waals surface area contributed by atoms with Crippen molar-refractivity contribution in [2.45, 2.75) is 39.8 Å². The van der Waals surface area contributed by atoms with Crippen LogP contribution in [0.1, 0.15) is 27.2 Å². The number of hydrogen-bond acceptors (Lipinski definition) is 6. The van der Waals surface area contributed by atoms with Gasteiger partial charge in [-0.25, -0.2) is 4.68 Å². The lowest BCUT2D eigenvalue weighted by molar-refractivity contribution is 0.0704. The molecule has 0 aliphatic rings. The Morgan fingerprint density at radius 1 is 1.06 bits per heavy atom. The Morgan fingerprint density at radius 2 is 1.67 bits per heavy atom. The average molecular weight is 274 g/mol. The maximum absolute atomic E-state index is 5.76. The summed E-state index contributed by atoms with van der Waals surface area (Å²) < 4.78 is 19.0. The van der Waals surface area contributed by atoms with Crippen LogP contribution in [-0.2, 0) is 19.8 Å². The summed E-state index contributed by atoms with van der Waals surface area (Å²) in [4.78, 5) is 0. The molecule has 0 amide bonds. The number of tetrazole rings is 1.